The molecule has 5 heteroatoms. The minimum atomic E-state index is 0.173. The monoisotopic (exact) mass is 510 g/mol. The van der Waals surface area contributed by atoms with E-state index in [2.05, 4.69) is 121 Å². The van der Waals surface area contributed by atoms with Gasteiger partial charge in [-0.15, -0.1) is 0 Å². The molecule has 1 aromatic heterocycles. The van der Waals surface area contributed by atoms with Crippen LogP contribution in [0, 0.1) is 13.8 Å². The van der Waals surface area contributed by atoms with Gasteiger partial charge in [0.2, 0.25) is 0 Å². The molecule has 0 N–H and O–H groups in total. The summed E-state index contributed by atoms with van der Waals surface area (Å²) >= 11 is 0. The van der Waals surface area contributed by atoms with Gasteiger partial charge in [0.05, 0.1) is 18.1 Å². The van der Waals surface area contributed by atoms with Gasteiger partial charge in [0.1, 0.15) is 11.5 Å². The molecule has 5 nitrogen and oxygen atoms in total. The fraction of sp³-hybridized carbons (Fsp3) is 0.147. The van der Waals surface area contributed by atoms with Crippen molar-refractivity contribution >= 4 is 5.69 Å². The molecule has 0 spiro atoms. The van der Waals surface area contributed by atoms with Crippen molar-refractivity contribution in [2.45, 2.75) is 19.8 Å². The number of rotatable bonds is 5. The van der Waals surface area contributed by atoms with Crippen LogP contribution >= 0.6 is 0 Å². The number of anilines is 1. The fourth-order valence-electron chi connectivity index (χ4n) is 6.03. The first-order valence-corrected chi connectivity index (χ1v) is 13.3. The van der Waals surface area contributed by atoms with Gasteiger partial charge < -0.3 is 14.5 Å². The van der Waals surface area contributed by atoms with Gasteiger partial charge in [0.25, 0.3) is 0 Å². The highest BCUT2D eigenvalue weighted by Gasteiger charge is 2.33. The van der Waals surface area contributed by atoms with Crippen LogP contribution < -0.4 is 9.64 Å². The van der Waals surface area contributed by atoms with Gasteiger partial charge in [-0.25, -0.2) is 4.68 Å². The predicted molar refractivity (Wildman–Crippen MR) is 157 cm³/mol. The molecule has 7 rings (SSSR count). The zero-order chi connectivity index (χ0) is 26.5. The molecular formula is C34H30N4O. The molecule has 0 bridgehead atoms. The van der Waals surface area contributed by atoms with E-state index in [1.54, 1.807) is 0 Å². The summed E-state index contributed by atoms with van der Waals surface area (Å²) in [4.78, 5) is 4.34. The van der Waals surface area contributed by atoms with Crippen molar-refractivity contribution in [3.05, 3.63) is 138 Å². The van der Waals surface area contributed by atoms with Crippen LogP contribution in [0.3, 0.4) is 0 Å². The quantitative estimate of drug-likeness (QED) is 0.239. The molecule has 192 valence electrons. The Hall–Kier alpha value is -4.77. The summed E-state index contributed by atoms with van der Waals surface area (Å²) in [5.74, 6) is 1.76. The standard InChI is InChI=1S/C34H30N4O/c1-23-33(34-31-16-6-4-14-29(31)30-15-5-7-17-32(30)34)24(2)38(35-23)26-11-9-13-28(21-26)39-27-12-8-10-25(20-27)37-19-18-36(3)22-37/h4-21,34H,22H2,1-3H3. The predicted octanol–water partition coefficient (Wildman–Crippen LogP) is 7.62. The van der Waals surface area contributed by atoms with E-state index in [1.165, 1.54) is 27.8 Å². The molecule has 0 saturated carbocycles. The molecule has 39 heavy (non-hydrogen) atoms. The number of hydrogen-bond acceptors (Lipinski definition) is 4. The minimum Gasteiger partial charge on any atom is -0.457 e. The normalized spacial score (nSPS) is 14.1. The third-order valence-corrected chi connectivity index (χ3v) is 7.79. The lowest BCUT2D eigenvalue weighted by atomic mass is 9.88. The number of hydrogen-bond donors (Lipinski definition) is 0. The van der Waals surface area contributed by atoms with E-state index in [4.69, 9.17) is 9.84 Å². The van der Waals surface area contributed by atoms with Crippen LogP contribution in [0.4, 0.5) is 5.69 Å². The van der Waals surface area contributed by atoms with Gasteiger partial charge in [-0.3, -0.25) is 0 Å². The lowest BCUT2D eigenvalue weighted by Crippen LogP contribution is -2.21. The van der Waals surface area contributed by atoms with Crippen LogP contribution in [-0.2, 0) is 0 Å². The second-order valence-electron chi connectivity index (χ2n) is 10.4. The van der Waals surface area contributed by atoms with E-state index in [0.29, 0.717) is 0 Å². The zero-order valence-corrected chi connectivity index (χ0v) is 22.4. The second-order valence-corrected chi connectivity index (χ2v) is 10.4. The SMILES string of the molecule is Cc1nn(-c2cccc(Oc3cccc(N4C=CN(C)C4)c3)c2)c(C)c1C1c2ccccc2-c2ccccc21. The van der Waals surface area contributed by atoms with Crippen molar-refractivity contribution in [2.75, 3.05) is 18.6 Å². The van der Waals surface area contributed by atoms with E-state index in [1.807, 2.05) is 24.3 Å². The summed E-state index contributed by atoms with van der Waals surface area (Å²) in [5, 5.41) is 5.03. The molecule has 1 aliphatic heterocycles. The molecule has 0 fully saturated rings. The minimum absolute atomic E-state index is 0.173. The van der Waals surface area contributed by atoms with Gasteiger partial charge in [-0.1, -0.05) is 60.7 Å². The number of nitrogens with zero attached hydrogens (tertiary/aromatic N) is 4. The molecule has 4 aromatic carbocycles. The summed E-state index contributed by atoms with van der Waals surface area (Å²) in [6.07, 6.45) is 4.16. The van der Waals surface area contributed by atoms with Crippen LogP contribution in [-0.4, -0.2) is 28.4 Å². The second kappa shape index (κ2) is 9.21. The van der Waals surface area contributed by atoms with E-state index in [-0.39, 0.29) is 5.92 Å². The molecule has 0 unspecified atom stereocenters. The number of fused-ring (bicyclic) bond motifs is 3. The number of aryl methyl sites for hydroxylation is 1. The molecule has 1 aliphatic carbocycles. The summed E-state index contributed by atoms with van der Waals surface area (Å²) in [7, 11) is 2.07. The maximum Gasteiger partial charge on any atom is 0.129 e. The average molecular weight is 511 g/mol. The van der Waals surface area contributed by atoms with Crippen LogP contribution in [0.5, 0.6) is 11.5 Å². The van der Waals surface area contributed by atoms with Crippen LogP contribution in [0.25, 0.3) is 16.8 Å². The Morgan fingerprint density at radius 2 is 1.33 bits per heavy atom. The van der Waals surface area contributed by atoms with Crippen molar-refractivity contribution in [3.63, 3.8) is 0 Å². The first kappa shape index (κ1) is 23.4. The van der Waals surface area contributed by atoms with E-state index in [0.717, 1.165) is 40.9 Å². The Kier molecular flexibility index (Phi) is 5.51. The Morgan fingerprint density at radius 1 is 0.718 bits per heavy atom. The number of aromatic nitrogens is 2. The van der Waals surface area contributed by atoms with Crippen molar-refractivity contribution in [2.24, 2.45) is 0 Å². The molecule has 5 aromatic rings. The lowest BCUT2D eigenvalue weighted by molar-refractivity contribution is 0.480. The van der Waals surface area contributed by atoms with Crippen LogP contribution in [0.1, 0.15) is 34.0 Å². The van der Waals surface area contributed by atoms with Gasteiger partial charge in [0.15, 0.2) is 0 Å². The number of ether oxygens (including phenoxy) is 1. The third-order valence-electron chi connectivity index (χ3n) is 7.79. The lowest BCUT2D eigenvalue weighted by Gasteiger charge is -2.19. The Morgan fingerprint density at radius 3 is 1.97 bits per heavy atom. The van der Waals surface area contributed by atoms with Crippen molar-refractivity contribution in [1.29, 1.82) is 0 Å². The van der Waals surface area contributed by atoms with Crippen molar-refractivity contribution < 1.29 is 4.74 Å². The maximum absolute atomic E-state index is 6.33. The fourth-order valence-corrected chi connectivity index (χ4v) is 6.03. The van der Waals surface area contributed by atoms with Gasteiger partial charge in [-0.2, -0.15) is 5.10 Å². The highest BCUT2D eigenvalue weighted by Crippen LogP contribution is 2.49. The Labute approximate surface area is 229 Å². The summed E-state index contributed by atoms with van der Waals surface area (Å²) < 4.78 is 8.39. The zero-order valence-electron chi connectivity index (χ0n) is 22.4. The molecule has 0 radical (unpaired) electrons. The van der Waals surface area contributed by atoms with Crippen LogP contribution in [0.2, 0.25) is 0 Å². The van der Waals surface area contributed by atoms with Gasteiger partial charge >= 0.3 is 0 Å². The molecule has 2 aliphatic rings. The van der Waals surface area contributed by atoms with E-state index < -0.39 is 0 Å². The summed E-state index contributed by atoms with van der Waals surface area (Å²) in [6.45, 7) is 5.13. The van der Waals surface area contributed by atoms with Gasteiger partial charge in [0, 0.05) is 54.4 Å². The molecule has 0 saturated heterocycles. The van der Waals surface area contributed by atoms with E-state index >= 15 is 0 Å². The summed E-state index contributed by atoms with van der Waals surface area (Å²) in [5.41, 5.74) is 10.9. The van der Waals surface area contributed by atoms with Gasteiger partial charge in [-0.05, 0) is 60.4 Å². The highest BCUT2D eigenvalue weighted by molar-refractivity contribution is 5.81. The smallest absolute Gasteiger partial charge is 0.129 e. The molecule has 0 atom stereocenters. The number of benzene rings is 4. The average Bonchev–Trinajstić information content (AvgIpc) is 3.62. The van der Waals surface area contributed by atoms with Crippen molar-refractivity contribution in [1.82, 2.24) is 14.7 Å². The first-order valence-electron chi connectivity index (χ1n) is 13.3. The molecule has 2 heterocycles. The summed E-state index contributed by atoms with van der Waals surface area (Å²) in [6, 6.07) is 33.9. The van der Waals surface area contributed by atoms with E-state index in [9.17, 15) is 0 Å². The Balaban J connectivity index is 1.22. The molecular weight excluding hydrogens is 480 g/mol. The Bertz CT molecular complexity index is 1690. The van der Waals surface area contributed by atoms with Crippen LogP contribution in [0.15, 0.2) is 109 Å². The molecule has 0 amide bonds. The maximum atomic E-state index is 6.33. The van der Waals surface area contributed by atoms with Crippen molar-refractivity contribution in [3.8, 4) is 28.3 Å². The third kappa shape index (κ3) is 3.98. The topological polar surface area (TPSA) is 33.5 Å². The highest BCUT2D eigenvalue weighted by atomic mass is 16.5. The largest absolute Gasteiger partial charge is 0.457 e. The first-order chi connectivity index (χ1) is 19.1.